The van der Waals surface area contributed by atoms with Crippen LogP contribution < -0.4 is 5.32 Å². The van der Waals surface area contributed by atoms with E-state index >= 15 is 0 Å². The van der Waals surface area contributed by atoms with Crippen LogP contribution in [0.25, 0.3) is 0 Å². The third-order valence-corrected chi connectivity index (χ3v) is 6.96. The van der Waals surface area contributed by atoms with Gasteiger partial charge in [-0.3, -0.25) is 0 Å². The van der Waals surface area contributed by atoms with Crippen molar-refractivity contribution in [2.45, 2.75) is 57.1 Å². The summed E-state index contributed by atoms with van der Waals surface area (Å²) in [6.07, 6.45) is 3.25. The number of benzene rings is 4. The second-order valence-corrected chi connectivity index (χ2v) is 10.0. The highest BCUT2D eigenvalue weighted by Crippen LogP contribution is 2.23. The predicted molar refractivity (Wildman–Crippen MR) is 167 cm³/mol. The highest BCUT2D eigenvalue weighted by atomic mass is 16.6. The van der Waals surface area contributed by atoms with E-state index in [9.17, 15) is 0 Å². The summed E-state index contributed by atoms with van der Waals surface area (Å²) < 4.78 is 19.9. The van der Waals surface area contributed by atoms with Gasteiger partial charge in [0.2, 0.25) is 0 Å². The van der Waals surface area contributed by atoms with E-state index in [0.29, 0.717) is 32.8 Å². The Morgan fingerprint density at radius 3 is 1.39 bits per heavy atom. The average molecular weight is 548 g/mol. The van der Waals surface area contributed by atoms with Crippen LogP contribution in [0.3, 0.4) is 0 Å². The van der Waals surface area contributed by atoms with Crippen LogP contribution in [0.2, 0.25) is 0 Å². The molecule has 41 heavy (non-hydrogen) atoms. The normalized spacial score (nSPS) is 14.0. The molecule has 0 spiro atoms. The number of hydrogen-bond donors (Lipinski definition) is 1. The molecule has 212 valence electrons. The van der Waals surface area contributed by atoms with E-state index in [0.717, 1.165) is 16.7 Å². The summed E-state index contributed by atoms with van der Waals surface area (Å²) in [5, 5.41) is 3.74. The van der Waals surface area contributed by atoms with Gasteiger partial charge in [0.1, 0.15) is 18.3 Å². The van der Waals surface area contributed by atoms with Gasteiger partial charge in [0.15, 0.2) is 0 Å². The van der Waals surface area contributed by atoms with Gasteiger partial charge < -0.3 is 19.5 Å². The molecule has 0 aliphatic rings. The van der Waals surface area contributed by atoms with E-state index in [4.69, 9.17) is 14.2 Å². The number of hydrogen-bond acceptors (Lipinski definition) is 4. The molecule has 0 unspecified atom stereocenters. The van der Waals surface area contributed by atoms with Gasteiger partial charge in [-0.1, -0.05) is 133 Å². The SMILES string of the molecule is C=CC[C@H](NCc1ccccc1)[C@@H](OCc1ccccc1)[C@@H](OCc1ccccc1)[C@@H](C=C)OCc1ccccc1. The Kier molecular flexibility index (Phi) is 12.6. The predicted octanol–water partition coefficient (Wildman–Crippen LogP) is 7.66. The van der Waals surface area contributed by atoms with Crippen molar-refractivity contribution >= 4 is 0 Å². The van der Waals surface area contributed by atoms with Crippen LogP contribution in [0, 0.1) is 0 Å². The van der Waals surface area contributed by atoms with Crippen LogP contribution in [-0.2, 0) is 40.6 Å². The molecule has 4 aromatic rings. The largest absolute Gasteiger partial charge is 0.369 e. The van der Waals surface area contributed by atoms with Crippen LogP contribution >= 0.6 is 0 Å². The van der Waals surface area contributed by atoms with Crippen molar-refractivity contribution in [1.29, 1.82) is 0 Å². The standard InChI is InChI=1S/C37H41NO3/c1-3-17-34(38-26-30-18-9-5-10-19-30)36(40-28-32-22-13-7-14-23-32)37(41-29-33-24-15-8-16-25-33)35(4-2)39-27-31-20-11-6-12-21-31/h3-16,18-25,34-38H,1-2,17,26-29H2/t34-,35+,36+,37-/m0/s1. The summed E-state index contributed by atoms with van der Waals surface area (Å²) in [5.74, 6) is 0. The summed E-state index contributed by atoms with van der Waals surface area (Å²) >= 11 is 0. The first-order chi connectivity index (χ1) is 20.3. The highest BCUT2D eigenvalue weighted by Gasteiger charge is 2.36. The second kappa shape index (κ2) is 17.1. The summed E-state index contributed by atoms with van der Waals surface area (Å²) in [6, 6.07) is 40.9. The Hall–Kier alpha value is -3.80. The quantitative estimate of drug-likeness (QED) is 0.130. The first kappa shape index (κ1) is 30.2. The van der Waals surface area contributed by atoms with Gasteiger partial charge in [0.05, 0.1) is 19.8 Å². The number of ether oxygens (including phenoxy) is 3. The van der Waals surface area contributed by atoms with Crippen molar-refractivity contribution in [3.8, 4) is 0 Å². The van der Waals surface area contributed by atoms with E-state index in [1.165, 1.54) is 5.56 Å². The molecule has 0 amide bonds. The second-order valence-electron chi connectivity index (χ2n) is 10.0. The first-order valence-electron chi connectivity index (χ1n) is 14.2. The Bertz CT molecular complexity index is 1260. The molecule has 0 aliphatic carbocycles. The van der Waals surface area contributed by atoms with E-state index in [-0.39, 0.29) is 12.1 Å². The summed E-state index contributed by atoms with van der Waals surface area (Å²) in [4.78, 5) is 0. The molecular weight excluding hydrogens is 506 g/mol. The fourth-order valence-electron chi connectivity index (χ4n) is 4.77. The molecule has 0 aliphatic heterocycles. The first-order valence-corrected chi connectivity index (χ1v) is 14.2. The molecule has 0 fully saturated rings. The highest BCUT2D eigenvalue weighted by molar-refractivity contribution is 5.17. The van der Waals surface area contributed by atoms with Gasteiger partial charge in [-0.2, -0.15) is 0 Å². The van der Waals surface area contributed by atoms with Gasteiger partial charge in [-0.25, -0.2) is 0 Å². The third kappa shape index (κ3) is 9.96. The summed E-state index contributed by atoms with van der Waals surface area (Å²) in [7, 11) is 0. The maximum Gasteiger partial charge on any atom is 0.115 e. The molecule has 0 saturated heterocycles. The van der Waals surface area contributed by atoms with E-state index in [1.807, 2.05) is 72.8 Å². The molecule has 0 aromatic heterocycles. The third-order valence-electron chi connectivity index (χ3n) is 6.96. The number of nitrogens with one attached hydrogen (secondary N) is 1. The molecule has 0 heterocycles. The Labute approximate surface area is 245 Å². The van der Waals surface area contributed by atoms with Crippen molar-refractivity contribution in [1.82, 2.24) is 5.32 Å². The molecule has 4 heteroatoms. The maximum atomic E-state index is 6.75. The number of rotatable bonds is 18. The van der Waals surface area contributed by atoms with E-state index < -0.39 is 12.2 Å². The molecule has 4 atom stereocenters. The van der Waals surface area contributed by atoms with E-state index in [2.05, 4.69) is 79.1 Å². The lowest BCUT2D eigenvalue weighted by Gasteiger charge is -2.37. The van der Waals surface area contributed by atoms with Crippen molar-refractivity contribution < 1.29 is 14.2 Å². The van der Waals surface area contributed by atoms with Crippen LogP contribution in [-0.4, -0.2) is 24.4 Å². The minimum Gasteiger partial charge on any atom is -0.369 e. The lowest BCUT2D eigenvalue weighted by atomic mass is 9.96. The Balaban J connectivity index is 1.63. The van der Waals surface area contributed by atoms with Crippen molar-refractivity contribution in [2.75, 3.05) is 0 Å². The van der Waals surface area contributed by atoms with Gasteiger partial charge in [-0.05, 0) is 28.7 Å². The lowest BCUT2D eigenvalue weighted by Crippen LogP contribution is -2.52. The molecule has 4 aromatic carbocycles. The van der Waals surface area contributed by atoms with Crippen LogP contribution in [0.4, 0.5) is 0 Å². The fourth-order valence-corrected chi connectivity index (χ4v) is 4.77. The smallest absolute Gasteiger partial charge is 0.115 e. The van der Waals surface area contributed by atoms with Crippen molar-refractivity contribution in [3.05, 3.63) is 169 Å². The topological polar surface area (TPSA) is 39.7 Å². The molecular formula is C37H41NO3. The fraction of sp³-hybridized carbons (Fsp3) is 0.243. The van der Waals surface area contributed by atoms with Crippen molar-refractivity contribution in [3.63, 3.8) is 0 Å². The molecule has 1 N–H and O–H groups in total. The summed E-state index contributed by atoms with van der Waals surface area (Å²) in [5.41, 5.74) is 4.47. The maximum absolute atomic E-state index is 6.75. The molecule has 0 radical (unpaired) electrons. The van der Waals surface area contributed by atoms with Crippen molar-refractivity contribution in [2.24, 2.45) is 0 Å². The molecule has 0 bridgehead atoms. The zero-order chi connectivity index (χ0) is 28.5. The molecule has 0 saturated carbocycles. The average Bonchev–Trinajstić information content (AvgIpc) is 3.04. The van der Waals surface area contributed by atoms with E-state index in [1.54, 1.807) is 0 Å². The zero-order valence-electron chi connectivity index (χ0n) is 23.7. The Morgan fingerprint density at radius 2 is 0.951 bits per heavy atom. The minimum absolute atomic E-state index is 0.0834. The summed E-state index contributed by atoms with van der Waals surface area (Å²) in [6.45, 7) is 10.2. The monoisotopic (exact) mass is 547 g/mol. The van der Waals surface area contributed by atoms with Gasteiger partial charge in [0.25, 0.3) is 0 Å². The van der Waals surface area contributed by atoms with Crippen LogP contribution in [0.5, 0.6) is 0 Å². The Morgan fingerprint density at radius 1 is 0.537 bits per heavy atom. The van der Waals surface area contributed by atoms with Gasteiger partial charge >= 0.3 is 0 Å². The lowest BCUT2D eigenvalue weighted by molar-refractivity contribution is -0.147. The molecule has 4 rings (SSSR count). The molecule has 4 nitrogen and oxygen atoms in total. The minimum atomic E-state index is -0.437. The van der Waals surface area contributed by atoms with Gasteiger partial charge in [-0.15, -0.1) is 13.2 Å². The van der Waals surface area contributed by atoms with Gasteiger partial charge in [0, 0.05) is 12.6 Å². The van der Waals surface area contributed by atoms with Crippen LogP contribution in [0.15, 0.2) is 147 Å². The zero-order valence-corrected chi connectivity index (χ0v) is 23.7. The van der Waals surface area contributed by atoms with Crippen LogP contribution in [0.1, 0.15) is 28.7 Å².